The van der Waals surface area contributed by atoms with Crippen molar-refractivity contribution in [1.29, 1.82) is 0 Å². The lowest BCUT2D eigenvalue weighted by molar-refractivity contribution is -0.162. The van der Waals surface area contributed by atoms with Crippen LogP contribution in [0.15, 0.2) is 12.2 Å². The number of hydrogen-bond donors (Lipinski definition) is 1. The van der Waals surface area contributed by atoms with Crippen molar-refractivity contribution in [1.82, 2.24) is 0 Å². The zero-order valence-corrected chi connectivity index (χ0v) is 17.4. The molecule has 156 valence electrons. The van der Waals surface area contributed by atoms with Crippen LogP contribution in [0.25, 0.3) is 0 Å². The number of rotatable bonds is 15. The molecule has 0 aliphatic carbocycles. The second-order valence-corrected chi connectivity index (χ2v) is 9.69. The van der Waals surface area contributed by atoms with Gasteiger partial charge in [-0.1, -0.05) is 6.58 Å². The summed E-state index contributed by atoms with van der Waals surface area (Å²) in [6, 6.07) is 0.730. The lowest BCUT2D eigenvalue weighted by Gasteiger charge is -2.23. The van der Waals surface area contributed by atoms with E-state index in [0.29, 0.717) is 13.0 Å². The van der Waals surface area contributed by atoms with Crippen LogP contribution in [0.5, 0.6) is 0 Å². The topological polar surface area (TPSA) is 118 Å². The van der Waals surface area contributed by atoms with Gasteiger partial charge in [-0.3, -0.25) is 9.59 Å². The molecule has 1 unspecified atom stereocenters. The Labute approximate surface area is 160 Å². The van der Waals surface area contributed by atoms with Gasteiger partial charge in [0.2, 0.25) is 0 Å². The fourth-order valence-corrected chi connectivity index (χ4v) is 3.22. The van der Waals surface area contributed by atoms with Crippen molar-refractivity contribution in [3.05, 3.63) is 12.2 Å². The third kappa shape index (κ3) is 12.3. The molecule has 0 radical (unpaired) electrons. The molecule has 27 heavy (non-hydrogen) atoms. The Hall–Kier alpha value is -1.75. The normalized spacial score (nSPS) is 12.3. The molecule has 0 aromatic rings. The quantitative estimate of drug-likeness (QED) is 0.187. The Morgan fingerprint density at radius 1 is 1.11 bits per heavy atom. The number of ether oxygens (including phenoxy) is 3. The van der Waals surface area contributed by atoms with Gasteiger partial charge in [-0.25, -0.2) is 4.79 Å². The highest BCUT2D eigenvalue weighted by atomic mass is 28.4. The summed E-state index contributed by atoms with van der Waals surface area (Å²) in [4.78, 5) is 33.7. The lowest BCUT2D eigenvalue weighted by Crippen LogP contribution is -2.36. The Bertz CT molecular complexity index is 503. The molecule has 0 bridgehead atoms. The number of carbonyl (C=O) groups is 3. The van der Waals surface area contributed by atoms with Gasteiger partial charge < -0.3 is 28.2 Å². The van der Waals surface area contributed by atoms with E-state index >= 15 is 0 Å². The summed E-state index contributed by atoms with van der Waals surface area (Å²) < 4.78 is 26.4. The van der Waals surface area contributed by atoms with E-state index in [1.807, 2.05) is 6.55 Å². The van der Waals surface area contributed by atoms with Crippen molar-refractivity contribution in [2.24, 2.45) is 0 Å². The summed E-state index contributed by atoms with van der Waals surface area (Å²) in [7, 11) is 1.06. The molecule has 0 aromatic heterocycles. The van der Waals surface area contributed by atoms with Gasteiger partial charge in [-0.15, -0.1) is 0 Å². The van der Waals surface area contributed by atoms with E-state index in [2.05, 4.69) is 6.58 Å². The van der Waals surface area contributed by atoms with Gasteiger partial charge in [0.25, 0.3) is 0 Å². The molecule has 1 atom stereocenters. The molecule has 9 nitrogen and oxygen atoms in total. The van der Waals surface area contributed by atoms with Crippen LogP contribution in [0, 0.1) is 0 Å². The highest BCUT2D eigenvalue weighted by molar-refractivity contribution is 6.65. The number of carbonyl (C=O) groups excluding carboxylic acids is 2. The molecule has 0 saturated carbocycles. The van der Waals surface area contributed by atoms with Crippen molar-refractivity contribution in [2.75, 3.05) is 34.0 Å². The number of carboxylic acid groups (broad SMARTS) is 1. The molecule has 0 aliphatic rings. The molecule has 0 saturated heterocycles. The van der Waals surface area contributed by atoms with Crippen LogP contribution in [-0.4, -0.2) is 71.7 Å². The molecular weight excluding hydrogens is 376 g/mol. The lowest BCUT2D eigenvalue weighted by atomic mass is 10.3. The van der Waals surface area contributed by atoms with Crippen LogP contribution in [0.1, 0.15) is 26.2 Å². The van der Waals surface area contributed by atoms with Gasteiger partial charge in [0.15, 0.2) is 6.10 Å². The van der Waals surface area contributed by atoms with E-state index in [-0.39, 0.29) is 31.6 Å². The molecule has 0 aliphatic heterocycles. The van der Waals surface area contributed by atoms with Crippen molar-refractivity contribution in [3.63, 3.8) is 0 Å². The summed E-state index contributed by atoms with van der Waals surface area (Å²) >= 11 is 0. The fraction of sp³-hybridized carbons (Fsp3) is 0.706. The van der Waals surface area contributed by atoms with E-state index in [9.17, 15) is 14.4 Å². The summed E-state index contributed by atoms with van der Waals surface area (Å²) in [5.74, 6) is -2.41. The van der Waals surface area contributed by atoms with Crippen LogP contribution in [0.3, 0.4) is 0 Å². The molecule has 0 heterocycles. The van der Waals surface area contributed by atoms with Crippen LogP contribution in [0.2, 0.25) is 12.6 Å². The number of carboxylic acids is 1. The second-order valence-electron chi connectivity index (χ2n) is 6.10. The van der Waals surface area contributed by atoms with Gasteiger partial charge >= 0.3 is 26.5 Å². The van der Waals surface area contributed by atoms with E-state index in [1.54, 1.807) is 14.2 Å². The predicted octanol–water partition coefficient (Wildman–Crippen LogP) is 1.65. The Balaban J connectivity index is 4.43. The smallest absolute Gasteiger partial charge is 0.334 e. The van der Waals surface area contributed by atoms with Crippen LogP contribution in [-0.2, 0) is 37.4 Å². The van der Waals surface area contributed by atoms with Crippen molar-refractivity contribution < 1.29 is 42.6 Å². The molecule has 0 rings (SSSR count). The van der Waals surface area contributed by atoms with Gasteiger partial charge in [0, 0.05) is 26.4 Å². The van der Waals surface area contributed by atoms with E-state index in [1.165, 1.54) is 6.92 Å². The second kappa shape index (κ2) is 13.4. The third-order valence-electron chi connectivity index (χ3n) is 3.68. The highest BCUT2D eigenvalue weighted by Gasteiger charge is 2.27. The monoisotopic (exact) mass is 406 g/mol. The Morgan fingerprint density at radius 2 is 1.74 bits per heavy atom. The van der Waals surface area contributed by atoms with E-state index < -0.39 is 32.6 Å². The molecule has 1 N–H and O–H groups in total. The summed E-state index contributed by atoms with van der Waals surface area (Å²) in [5, 5.41) is 8.61. The van der Waals surface area contributed by atoms with Crippen molar-refractivity contribution in [3.8, 4) is 0 Å². The molecule has 0 aromatic carbocycles. The predicted molar refractivity (Wildman–Crippen MR) is 98.4 cm³/mol. The number of esters is 2. The van der Waals surface area contributed by atoms with Crippen LogP contribution in [0.4, 0.5) is 0 Å². The maximum absolute atomic E-state index is 11.7. The molecule has 0 spiro atoms. The molecule has 10 heteroatoms. The van der Waals surface area contributed by atoms with Gasteiger partial charge in [-0.2, -0.15) is 0 Å². The van der Waals surface area contributed by atoms with Gasteiger partial charge in [-0.05, 0) is 25.9 Å². The third-order valence-corrected chi connectivity index (χ3v) is 6.67. The SMILES string of the molecule is C=C(C)C(=O)OCC(COCCC[Si](C)(OC)OC)OC(=O)CCC(=O)O. The summed E-state index contributed by atoms with van der Waals surface area (Å²) in [6.45, 7) is 7.11. The largest absolute Gasteiger partial charge is 0.481 e. The molecule has 0 fully saturated rings. The first kappa shape index (κ1) is 25.2. The Morgan fingerprint density at radius 3 is 2.26 bits per heavy atom. The standard InChI is InChI=1S/C17H30O9Si/c1-13(2)17(21)25-12-14(26-16(20)8-7-15(18)19)11-24-9-6-10-27(5,22-3)23-4/h14H,1,6-12H2,2-5H3,(H,18,19). The first-order chi connectivity index (χ1) is 12.6. The minimum atomic E-state index is -2.16. The van der Waals surface area contributed by atoms with Crippen molar-refractivity contribution >= 4 is 26.5 Å². The highest BCUT2D eigenvalue weighted by Crippen LogP contribution is 2.13. The van der Waals surface area contributed by atoms with Crippen LogP contribution >= 0.6 is 0 Å². The first-order valence-electron chi connectivity index (χ1n) is 8.55. The van der Waals surface area contributed by atoms with Gasteiger partial charge in [0.1, 0.15) is 6.61 Å². The molecular formula is C17H30O9Si. The van der Waals surface area contributed by atoms with Crippen LogP contribution < -0.4 is 0 Å². The fourth-order valence-electron chi connectivity index (χ4n) is 1.86. The zero-order chi connectivity index (χ0) is 20.9. The van der Waals surface area contributed by atoms with E-state index in [4.69, 9.17) is 28.2 Å². The van der Waals surface area contributed by atoms with Gasteiger partial charge in [0.05, 0.1) is 19.4 Å². The number of aliphatic carboxylic acids is 1. The maximum atomic E-state index is 11.7. The summed E-state index contributed by atoms with van der Waals surface area (Å²) in [6.07, 6.45) is -0.750. The average Bonchev–Trinajstić information content (AvgIpc) is 2.63. The maximum Gasteiger partial charge on any atom is 0.334 e. The minimum Gasteiger partial charge on any atom is -0.481 e. The number of hydrogen-bond acceptors (Lipinski definition) is 8. The average molecular weight is 407 g/mol. The molecule has 0 amide bonds. The summed E-state index contributed by atoms with van der Waals surface area (Å²) in [5.41, 5.74) is 0.218. The minimum absolute atomic E-state index is 0.0144. The van der Waals surface area contributed by atoms with E-state index in [0.717, 1.165) is 6.04 Å². The Kier molecular flexibility index (Phi) is 12.5. The van der Waals surface area contributed by atoms with Crippen molar-refractivity contribution in [2.45, 2.75) is 44.9 Å². The first-order valence-corrected chi connectivity index (χ1v) is 11.1. The zero-order valence-electron chi connectivity index (χ0n) is 16.4.